The van der Waals surface area contributed by atoms with Crippen LogP contribution in [0.2, 0.25) is 0 Å². The zero-order valence-electron chi connectivity index (χ0n) is 13.9. The number of nitrogens with zero attached hydrogens (tertiary/aromatic N) is 1. The van der Waals surface area contributed by atoms with E-state index in [2.05, 4.69) is 10.7 Å². The number of nitrogens with one attached hydrogen (secondary N) is 1. The molecule has 0 aliphatic rings. The number of hydrogen-bond acceptors (Lipinski definition) is 3. The highest BCUT2D eigenvalue weighted by Gasteiger charge is 2.22. The molecule has 1 amide bonds. The van der Waals surface area contributed by atoms with E-state index in [9.17, 15) is 13.6 Å². The Morgan fingerprint density at radius 3 is 2.48 bits per heavy atom. The maximum absolute atomic E-state index is 13.8. The molecule has 25 heavy (non-hydrogen) atoms. The lowest BCUT2D eigenvalue weighted by atomic mass is 10.0. The van der Waals surface area contributed by atoms with Gasteiger partial charge in [0.15, 0.2) is 0 Å². The van der Waals surface area contributed by atoms with Crippen molar-refractivity contribution in [2.75, 3.05) is 20.6 Å². The smallest absolute Gasteiger partial charge is 0.257 e. The van der Waals surface area contributed by atoms with Crippen molar-refractivity contribution in [3.63, 3.8) is 0 Å². The Balaban J connectivity index is 1.83. The molecule has 1 atom stereocenters. The fourth-order valence-electron chi connectivity index (χ4n) is 2.82. The van der Waals surface area contributed by atoms with E-state index in [1.54, 1.807) is 11.3 Å². The normalized spacial score (nSPS) is 12.5. The molecule has 6 heteroatoms. The van der Waals surface area contributed by atoms with Crippen LogP contribution in [0, 0.1) is 11.6 Å². The van der Waals surface area contributed by atoms with Gasteiger partial charge in [-0.2, -0.15) is 0 Å². The second kappa shape index (κ2) is 7.29. The number of carbonyl (C=O) groups is 1. The van der Waals surface area contributed by atoms with Crippen LogP contribution in [0.4, 0.5) is 8.78 Å². The maximum Gasteiger partial charge on any atom is 0.257 e. The summed E-state index contributed by atoms with van der Waals surface area (Å²) in [7, 11) is 3.82. The van der Waals surface area contributed by atoms with Gasteiger partial charge in [0, 0.05) is 11.2 Å². The van der Waals surface area contributed by atoms with E-state index >= 15 is 0 Å². The highest BCUT2D eigenvalue weighted by atomic mass is 32.1. The topological polar surface area (TPSA) is 32.3 Å². The molecule has 0 fully saturated rings. The number of likely N-dealkylation sites (N-methyl/N-ethyl adjacent to an activating group) is 1. The van der Waals surface area contributed by atoms with Crippen molar-refractivity contribution in [3.8, 4) is 0 Å². The Hall–Kier alpha value is -2.31. The largest absolute Gasteiger partial charge is 0.350 e. The predicted octanol–water partition coefficient (Wildman–Crippen LogP) is 4.21. The lowest BCUT2D eigenvalue weighted by molar-refractivity contribution is 0.0933. The fourth-order valence-corrected chi connectivity index (χ4v) is 3.83. The number of fused-ring (bicyclic) bond motifs is 1. The second-order valence-corrected chi connectivity index (χ2v) is 6.88. The van der Waals surface area contributed by atoms with Gasteiger partial charge < -0.3 is 10.2 Å². The van der Waals surface area contributed by atoms with Crippen LogP contribution in [-0.4, -0.2) is 31.4 Å². The molecule has 130 valence electrons. The molecule has 2 aromatic carbocycles. The summed E-state index contributed by atoms with van der Waals surface area (Å²) in [5, 5.41) is 5.84. The molecule has 0 spiro atoms. The highest BCUT2D eigenvalue weighted by Crippen LogP contribution is 2.32. The Bertz CT molecular complexity index is 887. The number of carbonyl (C=O) groups excluding carboxylic acids is 1. The molecule has 0 unspecified atom stereocenters. The summed E-state index contributed by atoms with van der Waals surface area (Å²) >= 11 is 1.64. The summed E-state index contributed by atoms with van der Waals surface area (Å²) in [6.07, 6.45) is 0. The van der Waals surface area contributed by atoms with Crippen molar-refractivity contribution in [3.05, 3.63) is 70.6 Å². The first-order valence-electron chi connectivity index (χ1n) is 7.84. The van der Waals surface area contributed by atoms with Crippen LogP contribution in [-0.2, 0) is 0 Å². The van der Waals surface area contributed by atoms with Gasteiger partial charge in [-0.3, -0.25) is 4.79 Å². The number of hydrogen-bond donors (Lipinski definition) is 1. The monoisotopic (exact) mass is 360 g/mol. The molecule has 3 aromatic rings. The summed E-state index contributed by atoms with van der Waals surface area (Å²) in [5.41, 5.74) is 0.537. The van der Waals surface area contributed by atoms with Gasteiger partial charge >= 0.3 is 0 Å². The highest BCUT2D eigenvalue weighted by molar-refractivity contribution is 7.17. The van der Waals surface area contributed by atoms with E-state index in [1.807, 2.05) is 43.3 Å². The van der Waals surface area contributed by atoms with E-state index in [1.165, 1.54) is 6.07 Å². The second-order valence-electron chi connectivity index (χ2n) is 5.97. The number of thiophene rings is 1. The van der Waals surface area contributed by atoms with Crippen molar-refractivity contribution in [1.29, 1.82) is 0 Å². The molecule has 1 N–H and O–H groups in total. The van der Waals surface area contributed by atoms with Crippen molar-refractivity contribution < 1.29 is 13.6 Å². The summed E-state index contributed by atoms with van der Waals surface area (Å²) in [4.78, 5) is 14.2. The van der Waals surface area contributed by atoms with Crippen molar-refractivity contribution in [1.82, 2.24) is 10.2 Å². The summed E-state index contributed by atoms with van der Waals surface area (Å²) in [6.45, 7) is 0.250. The standard InChI is InChI=1S/C19H18F2N2OS/c1-23(2)16(13-11-25-17-9-4-3-6-12(13)17)10-22-19(24)18-14(20)7-5-8-15(18)21/h3-9,11,16H,10H2,1-2H3,(H,22,24)/t16-/m0/s1. The Kier molecular flexibility index (Phi) is 5.11. The third-order valence-corrected chi connectivity index (χ3v) is 5.12. The zero-order valence-corrected chi connectivity index (χ0v) is 14.7. The fraction of sp³-hybridized carbons (Fsp3) is 0.211. The van der Waals surface area contributed by atoms with Crippen LogP contribution in [0.15, 0.2) is 47.8 Å². The minimum absolute atomic E-state index is 0.102. The van der Waals surface area contributed by atoms with Gasteiger partial charge in [-0.25, -0.2) is 8.78 Å². The summed E-state index contributed by atoms with van der Waals surface area (Å²) in [6, 6.07) is 11.3. The minimum Gasteiger partial charge on any atom is -0.350 e. The van der Waals surface area contributed by atoms with Crippen LogP contribution in [0.3, 0.4) is 0 Å². The van der Waals surface area contributed by atoms with E-state index in [0.717, 1.165) is 27.8 Å². The number of halogens is 2. The Morgan fingerprint density at radius 1 is 1.12 bits per heavy atom. The molecule has 3 rings (SSSR count). The summed E-state index contributed by atoms with van der Waals surface area (Å²) in [5.74, 6) is -2.47. The van der Waals surface area contributed by atoms with Crippen LogP contribution in [0.25, 0.3) is 10.1 Å². The summed E-state index contributed by atoms with van der Waals surface area (Å²) < 4.78 is 28.7. The average Bonchev–Trinajstić information content (AvgIpc) is 2.99. The van der Waals surface area contributed by atoms with Gasteiger partial charge in [-0.05, 0) is 48.6 Å². The van der Waals surface area contributed by atoms with E-state index in [4.69, 9.17) is 0 Å². The molecule has 1 aromatic heterocycles. The third-order valence-electron chi connectivity index (χ3n) is 4.14. The SMILES string of the molecule is CN(C)[C@@H](CNC(=O)c1c(F)cccc1F)c1csc2ccccc12. The molecular formula is C19H18F2N2OS. The van der Waals surface area contributed by atoms with E-state index in [0.29, 0.717) is 0 Å². The van der Waals surface area contributed by atoms with E-state index < -0.39 is 23.1 Å². The molecule has 0 saturated carbocycles. The number of rotatable bonds is 5. The predicted molar refractivity (Wildman–Crippen MR) is 96.9 cm³/mol. The lowest BCUT2D eigenvalue weighted by Gasteiger charge is -2.24. The molecule has 0 bridgehead atoms. The first-order valence-corrected chi connectivity index (χ1v) is 8.71. The van der Waals surface area contributed by atoms with Crippen LogP contribution < -0.4 is 5.32 Å². The zero-order chi connectivity index (χ0) is 18.0. The molecule has 1 heterocycles. The molecule has 0 saturated heterocycles. The number of amides is 1. The molecule has 0 aliphatic carbocycles. The Labute approximate surface area is 148 Å². The van der Waals surface area contributed by atoms with Crippen molar-refractivity contribution >= 4 is 27.3 Å². The molecule has 3 nitrogen and oxygen atoms in total. The lowest BCUT2D eigenvalue weighted by Crippen LogP contribution is -2.35. The van der Waals surface area contributed by atoms with Gasteiger partial charge in [-0.15, -0.1) is 11.3 Å². The third kappa shape index (κ3) is 3.55. The van der Waals surface area contributed by atoms with Crippen molar-refractivity contribution in [2.24, 2.45) is 0 Å². The first-order chi connectivity index (χ1) is 12.0. The van der Waals surface area contributed by atoms with Gasteiger partial charge in [0.05, 0.1) is 6.04 Å². The van der Waals surface area contributed by atoms with Gasteiger partial charge in [0.25, 0.3) is 5.91 Å². The minimum atomic E-state index is -0.861. The van der Waals surface area contributed by atoms with Crippen LogP contribution >= 0.6 is 11.3 Å². The van der Waals surface area contributed by atoms with Crippen molar-refractivity contribution in [2.45, 2.75) is 6.04 Å². The van der Waals surface area contributed by atoms with Crippen LogP contribution in [0.5, 0.6) is 0 Å². The average molecular weight is 360 g/mol. The van der Waals surface area contributed by atoms with Gasteiger partial charge in [-0.1, -0.05) is 24.3 Å². The van der Waals surface area contributed by atoms with Gasteiger partial charge in [0.2, 0.25) is 0 Å². The molecular weight excluding hydrogens is 342 g/mol. The Morgan fingerprint density at radius 2 is 1.80 bits per heavy atom. The van der Waals surface area contributed by atoms with Crippen LogP contribution in [0.1, 0.15) is 22.0 Å². The molecule has 0 aliphatic heterocycles. The molecule has 0 radical (unpaired) electrons. The first kappa shape index (κ1) is 17.5. The van der Waals surface area contributed by atoms with E-state index in [-0.39, 0.29) is 12.6 Å². The van der Waals surface area contributed by atoms with Gasteiger partial charge in [0.1, 0.15) is 17.2 Å². The number of benzene rings is 2. The quantitative estimate of drug-likeness (QED) is 0.739. The maximum atomic E-state index is 13.8.